The highest BCUT2D eigenvalue weighted by atomic mass is 35.5. The van der Waals surface area contributed by atoms with E-state index in [-0.39, 0.29) is 5.92 Å². The normalized spacial score (nSPS) is 17.7. The van der Waals surface area contributed by atoms with Crippen molar-refractivity contribution < 1.29 is 4.52 Å². The van der Waals surface area contributed by atoms with Gasteiger partial charge in [-0.1, -0.05) is 22.8 Å². The Labute approximate surface area is 151 Å². The van der Waals surface area contributed by atoms with Crippen molar-refractivity contribution in [2.24, 2.45) is 0 Å². The van der Waals surface area contributed by atoms with Crippen molar-refractivity contribution in [1.82, 2.24) is 15.1 Å². The van der Waals surface area contributed by atoms with Crippen LogP contribution in [0.25, 0.3) is 11.4 Å². The fraction of sp³-hybridized carbons (Fsp3) is 0.316. The van der Waals surface area contributed by atoms with Crippen LogP contribution >= 0.6 is 11.6 Å². The minimum absolute atomic E-state index is 0.226. The molecule has 1 aliphatic heterocycles. The summed E-state index contributed by atoms with van der Waals surface area (Å²) in [7, 11) is 0. The minimum Gasteiger partial charge on any atom is -0.356 e. The van der Waals surface area contributed by atoms with E-state index in [4.69, 9.17) is 16.1 Å². The highest BCUT2D eigenvalue weighted by molar-refractivity contribution is 6.30. The van der Waals surface area contributed by atoms with Gasteiger partial charge in [-0.2, -0.15) is 4.98 Å². The molecule has 1 saturated heterocycles. The van der Waals surface area contributed by atoms with E-state index >= 15 is 0 Å². The zero-order chi connectivity index (χ0) is 17.2. The van der Waals surface area contributed by atoms with Crippen molar-refractivity contribution in [1.29, 1.82) is 0 Å². The van der Waals surface area contributed by atoms with Crippen molar-refractivity contribution >= 4 is 17.4 Å². The maximum atomic E-state index is 5.94. The van der Waals surface area contributed by atoms with E-state index in [1.165, 1.54) is 0 Å². The standard InChI is InChI=1S/C19H19ClN4O/c1-13-4-2-6-17(21-13)24-11-3-5-15(12-24)19-22-18(23-25-19)14-7-9-16(20)10-8-14/h2,4,6-10,15H,3,5,11-12H2,1H3. The molecule has 0 N–H and O–H groups in total. The molecule has 1 aromatic carbocycles. The Hall–Kier alpha value is -2.40. The van der Waals surface area contributed by atoms with Crippen LogP contribution in [0.5, 0.6) is 0 Å². The molecule has 0 saturated carbocycles. The second kappa shape index (κ2) is 6.84. The molecule has 1 aliphatic rings. The first kappa shape index (κ1) is 16.1. The fourth-order valence-corrected chi connectivity index (χ4v) is 3.33. The summed E-state index contributed by atoms with van der Waals surface area (Å²) in [5, 5.41) is 4.84. The lowest BCUT2D eigenvalue weighted by molar-refractivity contribution is 0.333. The molecule has 0 bridgehead atoms. The molecule has 2 aromatic heterocycles. The first-order valence-corrected chi connectivity index (χ1v) is 8.85. The Kier molecular flexibility index (Phi) is 4.40. The van der Waals surface area contributed by atoms with Crippen LogP contribution in [0.2, 0.25) is 5.02 Å². The molecule has 0 spiro atoms. The molecule has 1 unspecified atom stereocenters. The third-order valence-electron chi connectivity index (χ3n) is 4.51. The van der Waals surface area contributed by atoms with Gasteiger partial charge in [0.2, 0.25) is 11.7 Å². The number of anilines is 1. The number of hydrogen-bond acceptors (Lipinski definition) is 5. The summed E-state index contributed by atoms with van der Waals surface area (Å²) >= 11 is 5.94. The Bertz CT molecular complexity index is 862. The van der Waals surface area contributed by atoms with Gasteiger partial charge < -0.3 is 9.42 Å². The molecule has 5 nitrogen and oxygen atoms in total. The number of piperidine rings is 1. The highest BCUT2D eigenvalue weighted by Gasteiger charge is 2.27. The molecular formula is C19H19ClN4O. The summed E-state index contributed by atoms with van der Waals surface area (Å²) in [6.45, 7) is 3.87. The van der Waals surface area contributed by atoms with Gasteiger partial charge in [-0.05, 0) is 56.2 Å². The summed E-state index contributed by atoms with van der Waals surface area (Å²) in [6, 6.07) is 13.6. The van der Waals surface area contributed by atoms with E-state index in [0.717, 1.165) is 43.0 Å². The van der Waals surface area contributed by atoms with Gasteiger partial charge in [0.1, 0.15) is 5.82 Å². The summed E-state index contributed by atoms with van der Waals surface area (Å²) < 4.78 is 5.56. The van der Waals surface area contributed by atoms with Gasteiger partial charge in [-0.3, -0.25) is 0 Å². The lowest BCUT2D eigenvalue weighted by atomic mass is 9.98. The highest BCUT2D eigenvalue weighted by Crippen LogP contribution is 2.30. The van der Waals surface area contributed by atoms with Gasteiger partial charge in [0, 0.05) is 29.4 Å². The van der Waals surface area contributed by atoms with Crippen LogP contribution < -0.4 is 4.90 Å². The summed E-state index contributed by atoms with van der Waals surface area (Å²) in [4.78, 5) is 11.5. The van der Waals surface area contributed by atoms with E-state index in [1.807, 2.05) is 43.3 Å². The molecule has 128 valence electrons. The molecule has 3 aromatic rings. The maximum absolute atomic E-state index is 5.94. The third-order valence-corrected chi connectivity index (χ3v) is 4.76. The number of pyridine rings is 1. The van der Waals surface area contributed by atoms with Gasteiger partial charge in [-0.25, -0.2) is 4.98 Å². The van der Waals surface area contributed by atoms with E-state index < -0.39 is 0 Å². The van der Waals surface area contributed by atoms with Crippen LogP contribution in [-0.2, 0) is 0 Å². The summed E-state index contributed by atoms with van der Waals surface area (Å²) in [5.74, 6) is 2.55. The quantitative estimate of drug-likeness (QED) is 0.694. The second-order valence-corrected chi connectivity index (χ2v) is 6.82. The molecule has 1 atom stereocenters. The number of aromatic nitrogens is 3. The zero-order valence-electron chi connectivity index (χ0n) is 14.0. The predicted octanol–water partition coefficient (Wildman–Crippen LogP) is 4.48. The van der Waals surface area contributed by atoms with Crippen LogP contribution in [0, 0.1) is 6.92 Å². The van der Waals surface area contributed by atoms with Gasteiger partial charge in [0.15, 0.2) is 0 Å². The molecule has 6 heteroatoms. The topological polar surface area (TPSA) is 55.1 Å². The zero-order valence-corrected chi connectivity index (χ0v) is 14.8. The van der Waals surface area contributed by atoms with E-state index in [0.29, 0.717) is 16.7 Å². The lowest BCUT2D eigenvalue weighted by Gasteiger charge is -2.32. The average Bonchev–Trinajstić information content (AvgIpc) is 3.13. The largest absolute Gasteiger partial charge is 0.356 e. The molecule has 3 heterocycles. The average molecular weight is 355 g/mol. The lowest BCUT2D eigenvalue weighted by Crippen LogP contribution is -2.35. The number of rotatable bonds is 3. The molecule has 0 amide bonds. The van der Waals surface area contributed by atoms with E-state index in [1.54, 1.807) is 0 Å². The first-order chi connectivity index (χ1) is 12.2. The monoisotopic (exact) mass is 354 g/mol. The Balaban J connectivity index is 1.53. The van der Waals surface area contributed by atoms with Gasteiger partial charge in [0.05, 0.1) is 5.92 Å². The van der Waals surface area contributed by atoms with Crippen LogP contribution in [0.4, 0.5) is 5.82 Å². The molecule has 1 fully saturated rings. The minimum atomic E-state index is 0.226. The maximum Gasteiger partial charge on any atom is 0.231 e. The van der Waals surface area contributed by atoms with Crippen molar-refractivity contribution in [2.75, 3.05) is 18.0 Å². The molecular weight excluding hydrogens is 336 g/mol. The van der Waals surface area contributed by atoms with Crippen LogP contribution in [0.15, 0.2) is 47.0 Å². The summed E-state index contributed by atoms with van der Waals surface area (Å²) in [5.41, 5.74) is 1.94. The number of nitrogens with zero attached hydrogens (tertiary/aromatic N) is 4. The van der Waals surface area contributed by atoms with Gasteiger partial charge in [-0.15, -0.1) is 0 Å². The Morgan fingerprint density at radius 2 is 1.96 bits per heavy atom. The van der Waals surface area contributed by atoms with Crippen molar-refractivity contribution in [2.45, 2.75) is 25.7 Å². The van der Waals surface area contributed by atoms with Gasteiger partial charge in [0.25, 0.3) is 0 Å². The Morgan fingerprint density at radius 3 is 2.76 bits per heavy atom. The van der Waals surface area contributed by atoms with Crippen molar-refractivity contribution in [3.05, 3.63) is 59.1 Å². The van der Waals surface area contributed by atoms with Crippen LogP contribution in [-0.4, -0.2) is 28.2 Å². The second-order valence-electron chi connectivity index (χ2n) is 6.39. The SMILES string of the molecule is Cc1cccc(N2CCCC(c3nc(-c4ccc(Cl)cc4)no3)C2)n1. The molecule has 25 heavy (non-hydrogen) atoms. The smallest absolute Gasteiger partial charge is 0.231 e. The first-order valence-electron chi connectivity index (χ1n) is 8.47. The third kappa shape index (κ3) is 3.51. The van der Waals surface area contributed by atoms with E-state index in [9.17, 15) is 0 Å². The molecule has 0 aliphatic carbocycles. The number of hydrogen-bond donors (Lipinski definition) is 0. The number of aryl methyl sites for hydroxylation is 1. The van der Waals surface area contributed by atoms with Gasteiger partial charge >= 0.3 is 0 Å². The van der Waals surface area contributed by atoms with Crippen molar-refractivity contribution in [3.63, 3.8) is 0 Å². The Morgan fingerprint density at radius 1 is 1.12 bits per heavy atom. The van der Waals surface area contributed by atoms with Crippen LogP contribution in [0.3, 0.4) is 0 Å². The fourth-order valence-electron chi connectivity index (χ4n) is 3.21. The summed E-state index contributed by atoms with van der Waals surface area (Å²) in [6.07, 6.45) is 2.13. The number of benzene rings is 1. The number of halogens is 1. The van der Waals surface area contributed by atoms with E-state index in [2.05, 4.69) is 26.1 Å². The van der Waals surface area contributed by atoms with Crippen molar-refractivity contribution in [3.8, 4) is 11.4 Å². The molecule has 4 rings (SSSR count). The van der Waals surface area contributed by atoms with Crippen LogP contribution in [0.1, 0.15) is 30.3 Å². The molecule has 0 radical (unpaired) electrons. The predicted molar refractivity (Wildman–Crippen MR) is 97.9 cm³/mol.